The summed E-state index contributed by atoms with van der Waals surface area (Å²) < 4.78 is 4.92. The molecule has 0 spiro atoms. The van der Waals surface area contributed by atoms with E-state index in [9.17, 15) is 19.7 Å². The van der Waals surface area contributed by atoms with Crippen molar-refractivity contribution in [2.24, 2.45) is 0 Å². The van der Waals surface area contributed by atoms with Crippen LogP contribution in [0.15, 0.2) is 42.5 Å². The van der Waals surface area contributed by atoms with Crippen molar-refractivity contribution in [2.75, 3.05) is 11.9 Å². The molecule has 7 heteroatoms. The van der Waals surface area contributed by atoms with E-state index in [1.54, 1.807) is 31.2 Å². The Balaban J connectivity index is 1.99. The standard InChI is InChI=1S/C17H16N2O5/c1-11-4-3-5-13(8-11)17(21)24-10-16(20)18-14-7-6-12(2)9-15(14)19(22)23/h3-9H,10H2,1-2H3,(H,18,20). The molecule has 0 fully saturated rings. The fourth-order valence-electron chi connectivity index (χ4n) is 2.07. The molecule has 2 rings (SSSR count). The van der Waals surface area contributed by atoms with E-state index in [-0.39, 0.29) is 11.4 Å². The average Bonchev–Trinajstić information content (AvgIpc) is 2.54. The fraction of sp³-hybridized carbons (Fsp3) is 0.176. The zero-order chi connectivity index (χ0) is 17.7. The minimum atomic E-state index is -0.650. The molecule has 0 unspecified atom stereocenters. The molecule has 24 heavy (non-hydrogen) atoms. The van der Waals surface area contributed by atoms with Crippen LogP contribution in [0, 0.1) is 24.0 Å². The molecule has 1 N–H and O–H groups in total. The van der Waals surface area contributed by atoms with Gasteiger partial charge in [0.1, 0.15) is 5.69 Å². The zero-order valence-corrected chi connectivity index (χ0v) is 13.2. The molecule has 7 nitrogen and oxygen atoms in total. The molecule has 0 heterocycles. The van der Waals surface area contributed by atoms with Gasteiger partial charge < -0.3 is 10.1 Å². The molecule has 0 aliphatic carbocycles. The summed E-state index contributed by atoms with van der Waals surface area (Å²) in [6.07, 6.45) is 0. The van der Waals surface area contributed by atoms with Crippen LogP contribution in [-0.4, -0.2) is 23.4 Å². The van der Waals surface area contributed by atoms with Gasteiger partial charge in [0.15, 0.2) is 6.61 Å². The highest BCUT2D eigenvalue weighted by Gasteiger charge is 2.17. The van der Waals surface area contributed by atoms with Crippen LogP contribution in [0.1, 0.15) is 21.5 Å². The maximum atomic E-state index is 11.9. The van der Waals surface area contributed by atoms with E-state index in [1.165, 1.54) is 12.1 Å². The molecular formula is C17H16N2O5. The monoisotopic (exact) mass is 328 g/mol. The first-order chi connectivity index (χ1) is 11.4. The molecule has 124 valence electrons. The third-order valence-corrected chi connectivity index (χ3v) is 3.21. The number of hydrogen-bond donors (Lipinski definition) is 1. The van der Waals surface area contributed by atoms with Crippen molar-refractivity contribution in [1.82, 2.24) is 0 Å². The molecule has 0 bridgehead atoms. The number of esters is 1. The van der Waals surface area contributed by atoms with Gasteiger partial charge in [-0.15, -0.1) is 0 Å². The predicted molar refractivity (Wildman–Crippen MR) is 87.9 cm³/mol. The lowest BCUT2D eigenvalue weighted by molar-refractivity contribution is -0.384. The van der Waals surface area contributed by atoms with E-state index in [0.717, 1.165) is 5.56 Å². The lowest BCUT2D eigenvalue weighted by Gasteiger charge is -2.08. The summed E-state index contributed by atoms with van der Waals surface area (Å²) in [5.74, 6) is -1.28. The van der Waals surface area contributed by atoms with E-state index in [4.69, 9.17) is 4.74 Å². The van der Waals surface area contributed by atoms with Crippen LogP contribution in [0.4, 0.5) is 11.4 Å². The van der Waals surface area contributed by atoms with Crippen molar-refractivity contribution in [1.29, 1.82) is 0 Å². The molecule has 2 aromatic rings. The Kier molecular flexibility index (Phi) is 5.26. The lowest BCUT2D eigenvalue weighted by atomic mass is 10.1. The quantitative estimate of drug-likeness (QED) is 0.517. The number of anilines is 1. The molecular weight excluding hydrogens is 312 g/mol. The molecule has 0 atom stereocenters. The van der Waals surface area contributed by atoms with Crippen molar-refractivity contribution in [2.45, 2.75) is 13.8 Å². The molecule has 0 aromatic heterocycles. The van der Waals surface area contributed by atoms with E-state index in [2.05, 4.69) is 5.32 Å². The average molecular weight is 328 g/mol. The topological polar surface area (TPSA) is 98.5 Å². The first-order valence-corrected chi connectivity index (χ1v) is 7.15. The first kappa shape index (κ1) is 17.1. The smallest absolute Gasteiger partial charge is 0.338 e. The predicted octanol–water partition coefficient (Wildman–Crippen LogP) is 3.01. The largest absolute Gasteiger partial charge is 0.452 e. The third-order valence-electron chi connectivity index (χ3n) is 3.21. The fourth-order valence-corrected chi connectivity index (χ4v) is 2.07. The maximum absolute atomic E-state index is 11.9. The number of ether oxygens (including phenoxy) is 1. The Morgan fingerprint density at radius 2 is 1.83 bits per heavy atom. The lowest BCUT2D eigenvalue weighted by Crippen LogP contribution is -2.21. The van der Waals surface area contributed by atoms with Crippen molar-refractivity contribution in [3.05, 3.63) is 69.3 Å². The molecule has 0 saturated carbocycles. The van der Waals surface area contributed by atoms with Crippen LogP contribution in [0.5, 0.6) is 0 Å². The number of amides is 1. The summed E-state index contributed by atoms with van der Waals surface area (Å²) >= 11 is 0. The highest BCUT2D eigenvalue weighted by Crippen LogP contribution is 2.25. The molecule has 0 aliphatic rings. The van der Waals surface area contributed by atoms with Gasteiger partial charge in [0.2, 0.25) is 0 Å². The maximum Gasteiger partial charge on any atom is 0.338 e. The van der Waals surface area contributed by atoms with Crippen molar-refractivity contribution in [3.8, 4) is 0 Å². The minimum Gasteiger partial charge on any atom is -0.452 e. The summed E-state index contributed by atoms with van der Waals surface area (Å²) in [4.78, 5) is 34.2. The Bertz CT molecular complexity index is 801. The van der Waals surface area contributed by atoms with Crippen LogP contribution < -0.4 is 5.32 Å². The van der Waals surface area contributed by atoms with Gasteiger partial charge in [-0.3, -0.25) is 14.9 Å². The number of aryl methyl sites for hydroxylation is 2. The third kappa shape index (κ3) is 4.39. The van der Waals surface area contributed by atoms with Crippen molar-refractivity contribution in [3.63, 3.8) is 0 Å². The number of benzene rings is 2. The van der Waals surface area contributed by atoms with Crippen LogP contribution in [-0.2, 0) is 9.53 Å². The molecule has 2 aromatic carbocycles. The second-order valence-electron chi connectivity index (χ2n) is 5.27. The summed E-state index contributed by atoms with van der Waals surface area (Å²) in [5, 5.41) is 13.4. The van der Waals surface area contributed by atoms with Crippen molar-refractivity contribution >= 4 is 23.3 Å². The van der Waals surface area contributed by atoms with Crippen LogP contribution >= 0.6 is 0 Å². The van der Waals surface area contributed by atoms with E-state index >= 15 is 0 Å². The summed E-state index contributed by atoms with van der Waals surface area (Å²) in [6.45, 7) is 3.01. The van der Waals surface area contributed by atoms with Gasteiger partial charge in [0.05, 0.1) is 10.5 Å². The van der Waals surface area contributed by atoms with Gasteiger partial charge in [-0.05, 0) is 37.6 Å². The Labute approximate surface area is 138 Å². The van der Waals surface area contributed by atoms with E-state index in [0.29, 0.717) is 11.1 Å². The van der Waals surface area contributed by atoms with E-state index < -0.39 is 23.4 Å². The molecule has 0 saturated heterocycles. The molecule has 1 amide bonds. The Morgan fingerprint density at radius 3 is 2.50 bits per heavy atom. The van der Waals surface area contributed by atoms with Crippen LogP contribution in [0.25, 0.3) is 0 Å². The highest BCUT2D eigenvalue weighted by atomic mass is 16.6. The highest BCUT2D eigenvalue weighted by molar-refractivity contribution is 5.96. The SMILES string of the molecule is Cc1cccc(C(=O)OCC(=O)Nc2ccc(C)cc2[N+](=O)[O-])c1. The van der Waals surface area contributed by atoms with Gasteiger partial charge in [-0.1, -0.05) is 23.8 Å². The second kappa shape index (κ2) is 7.36. The number of nitro groups is 1. The van der Waals surface area contributed by atoms with Gasteiger partial charge in [0.25, 0.3) is 11.6 Å². The summed E-state index contributed by atoms with van der Waals surface area (Å²) in [7, 11) is 0. The Morgan fingerprint density at radius 1 is 1.12 bits per heavy atom. The number of rotatable bonds is 5. The Hall–Kier alpha value is -3.22. The normalized spacial score (nSPS) is 10.1. The summed E-state index contributed by atoms with van der Waals surface area (Å²) in [6, 6.07) is 11.2. The van der Waals surface area contributed by atoms with Gasteiger partial charge in [-0.25, -0.2) is 4.79 Å². The van der Waals surface area contributed by atoms with Crippen molar-refractivity contribution < 1.29 is 19.2 Å². The number of nitro benzene ring substituents is 1. The number of carbonyl (C=O) groups is 2. The van der Waals surface area contributed by atoms with E-state index in [1.807, 2.05) is 13.0 Å². The van der Waals surface area contributed by atoms with Crippen LogP contribution in [0.2, 0.25) is 0 Å². The van der Waals surface area contributed by atoms with Gasteiger partial charge in [-0.2, -0.15) is 0 Å². The zero-order valence-electron chi connectivity index (χ0n) is 13.2. The number of nitrogens with one attached hydrogen (secondary N) is 1. The number of hydrogen-bond acceptors (Lipinski definition) is 5. The minimum absolute atomic E-state index is 0.0576. The summed E-state index contributed by atoms with van der Waals surface area (Å²) in [5.41, 5.74) is 1.77. The number of carbonyl (C=O) groups excluding carboxylic acids is 2. The molecule has 0 aliphatic heterocycles. The van der Waals surface area contributed by atoms with Gasteiger partial charge >= 0.3 is 5.97 Å². The number of nitrogens with zero attached hydrogens (tertiary/aromatic N) is 1. The van der Waals surface area contributed by atoms with Gasteiger partial charge in [0, 0.05) is 6.07 Å². The second-order valence-corrected chi connectivity index (χ2v) is 5.27. The first-order valence-electron chi connectivity index (χ1n) is 7.15. The molecule has 0 radical (unpaired) electrons. The van der Waals surface area contributed by atoms with Crippen LogP contribution in [0.3, 0.4) is 0 Å².